The van der Waals surface area contributed by atoms with Crippen LogP contribution in [0, 0.1) is 0 Å². The van der Waals surface area contributed by atoms with Gasteiger partial charge in [0.15, 0.2) is 0 Å². The van der Waals surface area contributed by atoms with Crippen molar-refractivity contribution >= 4 is 15.9 Å². The fraction of sp³-hybridized carbons (Fsp3) is 1.00. The number of unbranched alkanes of at least 4 members (excludes halogenated alkanes) is 10. The van der Waals surface area contributed by atoms with Crippen LogP contribution in [0.2, 0.25) is 0 Å². The first-order valence-corrected chi connectivity index (χ1v) is 10.1. The maximum absolute atomic E-state index is 3.51. The summed E-state index contributed by atoms with van der Waals surface area (Å²) in [5.41, 5.74) is 0. The molecule has 0 aliphatic heterocycles. The second-order valence-corrected chi connectivity index (χ2v) is 7.75. The summed E-state index contributed by atoms with van der Waals surface area (Å²) in [6, 6.07) is 0. The van der Waals surface area contributed by atoms with E-state index >= 15 is 0 Å². The second kappa shape index (κ2) is 17.1. The van der Waals surface area contributed by atoms with Gasteiger partial charge in [0.1, 0.15) is 0 Å². The minimum atomic E-state index is 0. The van der Waals surface area contributed by atoms with Crippen molar-refractivity contribution in [3.63, 3.8) is 0 Å². The van der Waals surface area contributed by atoms with Gasteiger partial charge in [0.25, 0.3) is 0 Å². The predicted octanol–water partition coefficient (Wildman–Crippen LogP) is 3.16. The van der Waals surface area contributed by atoms with E-state index in [1.54, 1.807) is 0 Å². The van der Waals surface area contributed by atoms with Gasteiger partial charge in [0, 0.05) is 5.33 Å². The number of hydrogen-bond acceptors (Lipinski definition) is 0. The molecule has 0 aromatic carbocycles. The molecule has 0 aliphatic carbocycles. The highest BCUT2D eigenvalue weighted by Gasteiger charge is 2.13. The summed E-state index contributed by atoms with van der Waals surface area (Å²) in [6.07, 6.45) is 17.0. The van der Waals surface area contributed by atoms with Gasteiger partial charge < -0.3 is 16.9 Å². The summed E-state index contributed by atoms with van der Waals surface area (Å²) in [6.45, 7) is 5.02. The lowest BCUT2D eigenvalue weighted by Gasteiger charge is -2.30. The van der Waals surface area contributed by atoms with Gasteiger partial charge >= 0.3 is 0 Å². The van der Waals surface area contributed by atoms with E-state index in [0.717, 1.165) is 0 Å². The standard InChI is InChI=1S/C18H39BrN.ClH/c1-4-5-6-7-8-9-11-14-17-20(2,3)18-15-12-10-13-16-19;/h4-18H2,1-3H3;1H/q+1;/p-1. The fourth-order valence-corrected chi connectivity index (χ4v) is 3.17. The zero-order chi connectivity index (χ0) is 15.1. The molecule has 0 spiro atoms. The molecular formula is C18H39BrClN. The van der Waals surface area contributed by atoms with Crippen LogP contribution in [-0.2, 0) is 0 Å². The van der Waals surface area contributed by atoms with Crippen LogP contribution in [0.1, 0.15) is 84.0 Å². The molecule has 0 aliphatic rings. The van der Waals surface area contributed by atoms with Crippen LogP contribution >= 0.6 is 15.9 Å². The molecule has 130 valence electrons. The Balaban J connectivity index is 0. The quantitative estimate of drug-likeness (QED) is 0.231. The van der Waals surface area contributed by atoms with Crippen molar-refractivity contribution in [1.29, 1.82) is 0 Å². The molecule has 0 bridgehead atoms. The van der Waals surface area contributed by atoms with Gasteiger partial charge in [-0.25, -0.2) is 0 Å². The molecule has 0 saturated carbocycles. The third-order valence-electron chi connectivity index (χ3n) is 4.26. The van der Waals surface area contributed by atoms with Gasteiger partial charge in [-0.3, -0.25) is 0 Å². The van der Waals surface area contributed by atoms with Crippen LogP contribution < -0.4 is 12.4 Å². The van der Waals surface area contributed by atoms with Gasteiger partial charge in [-0.15, -0.1) is 0 Å². The predicted molar refractivity (Wildman–Crippen MR) is 96.7 cm³/mol. The molecular weight excluding hydrogens is 346 g/mol. The summed E-state index contributed by atoms with van der Waals surface area (Å²) < 4.78 is 1.23. The van der Waals surface area contributed by atoms with Crippen LogP contribution in [0.3, 0.4) is 0 Å². The van der Waals surface area contributed by atoms with Crippen LogP contribution in [-0.4, -0.2) is 37.0 Å². The van der Waals surface area contributed by atoms with Gasteiger partial charge in [0.2, 0.25) is 0 Å². The van der Waals surface area contributed by atoms with Crippen LogP contribution in [0.4, 0.5) is 0 Å². The molecule has 0 heterocycles. The van der Waals surface area contributed by atoms with Crippen molar-refractivity contribution in [2.24, 2.45) is 0 Å². The average Bonchev–Trinajstić information content (AvgIpc) is 2.41. The van der Waals surface area contributed by atoms with Crippen molar-refractivity contribution in [1.82, 2.24) is 0 Å². The minimum Gasteiger partial charge on any atom is -1.00 e. The topological polar surface area (TPSA) is 0 Å². The molecule has 0 radical (unpaired) electrons. The minimum absolute atomic E-state index is 0. The molecule has 0 atom stereocenters. The van der Waals surface area contributed by atoms with Crippen molar-refractivity contribution in [2.75, 3.05) is 32.5 Å². The maximum Gasteiger partial charge on any atom is 0.0782 e. The molecule has 0 rings (SSSR count). The van der Waals surface area contributed by atoms with E-state index in [2.05, 4.69) is 36.9 Å². The first-order valence-electron chi connectivity index (χ1n) is 9.00. The van der Waals surface area contributed by atoms with Crippen LogP contribution in [0.5, 0.6) is 0 Å². The molecule has 0 unspecified atom stereocenters. The smallest absolute Gasteiger partial charge is 0.0782 e. The Morgan fingerprint density at radius 1 is 0.619 bits per heavy atom. The molecule has 0 amide bonds. The van der Waals surface area contributed by atoms with E-state index < -0.39 is 0 Å². The van der Waals surface area contributed by atoms with E-state index in [-0.39, 0.29) is 12.4 Å². The highest BCUT2D eigenvalue weighted by Crippen LogP contribution is 2.11. The zero-order valence-electron chi connectivity index (χ0n) is 14.8. The summed E-state index contributed by atoms with van der Waals surface area (Å²) in [4.78, 5) is 0. The first-order chi connectivity index (χ1) is 9.62. The number of nitrogens with zero attached hydrogens (tertiary/aromatic N) is 1. The summed E-state index contributed by atoms with van der Waals surface area (Å²) in [5.74, 6) is 0. The number of hydrogen-bond donors (Lipinski definition) is 0. The van der Waals surface area contributed by atoms with E-state index in [1.165, 1.54) is 100.0 Å². The number of quaternary nitrogens is 1. The highest BCUT2D eigenvalue weighted by atomic mass is 79.9. The third kappa shape index (κ3) is 18.7. The number of halogens is 2. The lowest BCUT2D eigenvalue weighted by Crippen LogP contribution is -3.00. The van der Waals surface area contributed by atoms with E-state index in [0.29, 0.717) is 0 Å². The van der Waals surface area contributed by atoms with Crippen molar-refractivity contribution in [3.05, 3.63) is 0 Å². The Kier molecular flexibility index (Phi) is 19.5. The number of rotatable bonds is 15. The lowest BCUT2D eigenvalue weighted by atomic mass is 10.1. The van der Waals surface area contributed by atoms with Crippen molar-refractivity contribution < 1.29 is 16.9 Å². The molecule has 0 saturated heterocycles. The van der Waals surface area contributed by atoms with Crippen molar-refractivity contribution in [3.8, 4) is 0 Å². The Bertz CT molecular complexity index is 198. The molecule has 3 heteroatoms. The number of alkyl halides is 1. The molecule has 0 aromatic rings. The van der Waals surface area contributed by atoms with Gasteiger partial charge in [-0.05, 0) is 32.1 Å². The Morgan fingerprint density at radius 2 is 1.00 bits per heavy atom. The molecule has 1 nitrogen and oxygen atoms in total. The first kappa shape index (κ1) is 24.0. The van der Waals surface area contributed by atoms with Crippen molar-refractivity contribution in [2.45, 2.75) is 84.0 Å². The molecule has 0 N–H and O–H groups in total. The maximum atomic E-state index is 3.51. The lowest BCUT2D eigenvalue weighted by molar-refractivity contribution is -0.890. The molecule has 0 fully saturated rings. The zero-order valence-corrected chi connectivity index (χ0v) is 17.2. The highest BCUT2D eigenvalue weighted by molar-refractivity contribution is 9.09. The summed E-state index contributed by atoms with van der Waals surface area (Å²) in [7, 11) is 4.82. The Hall–Kier alpha value is 0.730. The monoisotopic (exact) mass is 383 g/mol. The average molecular weight is 385 g/mol. The molecule has 21 heavy (non-hydrogen) atoms. The normalized spacial score (nSPS) is 11.4. The van der Waals surface area contributed by atoms with Gasteiger partial charge in [-0.2, -0.15) is 0 Å². The Labute approximate surface area is 149 Å². The van der Waals surface area contributed by atoms with Gasteiger partial charge in [0.05, 0.1) is 27.2 Å². The second-order valence-electron chi connectivity index (χ2n) is 6.96. The Morgan fingerprint density at radius 3 is 1.43 bits per heavy atom. The SMILES string of the molecule is CCCCCCCCCC[N+](C)(C)CCCCCCBr.[Cl-]. The van der Waals surface area contributed by atoms with E-state index in [1.807, 2.05) is 0 Å². The van der Waals surface area contributed by atoms with E-state index in [9.17, 15) is 0 Å². The third-order valence-corrected chi connectivity index (χ3v) is 4.82. The fourth-order valence-electron chi connectivity index (χ4n) is 2.77. The summed E-state index contributed by atoms with van der Waals surface area (Å²) in [5, 5.41) is 1.17. The van der Waals surface area contributed by atoms with Crippen LogP contribution in [0.25, 0.3) is 0 Å². The van der Waals surface area contributed by atoms with E-state index in [4.69, 9.17) is 0 Å². The summed E-state index contributed by atoms with van der Waals surface area (Å²) >= 11 is 3.51. The van der Waals surface area contributed by atoms with Crippen LogP contribution in [0.15, 0.2) is 0 Å². The van der Waals surface area contributed by atoms with Gasteiger partial charge in [-0.1, -0.05) is 67.8 Å². The largest absolute Gasteiger partial charge is 1.00 e. The molecule has 0 aromatic heterocycles.